The van der Waals surface area contributed by atoms with Crippen molar-refractivity contribution in [2.75, 3.05) is 26.3 Å². The lowest BCUT2D eigenvalue weighted by molar-refractivity contribution is -0.0988. The third kappa shape index (κ3) is 3.05. The van der Waals surface area contributed by atoms with Gasteiger partial charge >= 0.3 is 0 Å². The van der Waals surface area contributed by atoms with Crippen molar-refractivity contribution in [3.63, 3.8) is 0 Å². The van der Waals surface area contributed by atoms with Crippen LogP contribution in [0.15, 0.2) is 30.3 Å². The van der Waals surface area contributed by atoms with Crippen LogP contribution in [0.1, 0.15) is 12.5 Å². The van der Waals surface area contributed by atoms with E-state index < -0.39 is 0 Å². The number of rotatable bonds is 5. The van der Waals surface area contributed by atoms with Crippen LogP contribution in [0.5, 0.6) is 0 Å². The molecule has 1 aliphatic rings. The second kappa shape index (κ2) is 4.77. The van der Waals surface area contributed by atoms with Crippen LogP contribution in [-0.4, -0.2) is 26.3 Å². The first kappa shape index (κ1) is 10.7. The summed E-state index contributed by atoms with van der Waals surface area (Å²) in [5.41, 5.74) is 1.79. The first-order valence-electron chi connectivity index (χ1n) is 5.61. The van der Waals surface area contributed by atoms with Gasteiger partial charge in [-0.3, -0.25) is 0 Å². The van der Waals surface area contributed by atoms with Gasteiger partial charge in [0.15, 0.2) is 0 Å². The fourth-order valence-corrected chi connectivity index (χ4v) is 1.82. The van der Waals surface area contributed by atoms with Gasteiger partial charge in [0, 0.05) is 12.0 Å². The first-order valence-corrected chi connectivity index (χ1v) is 5.61. The average molecular weight is 205 g/mol. The van der Waals surface area contributed by atoms with Gasteiger partial charge in [-0.05, 0) is 18.5 Å². The summed E-state index contributed by atoms with van der Waals surface area (Å²) in [6, 6.07) is 10.6. The summed E-state index contributed by atoms with van der Waals surface area (Å²) in [6.07, 6.45) is 1.11. The summed E-state index contributed by atoms with van der Waals surface area (Å²) in [5, 5.41) is 3.50. The highest BCUT2D eigenvalue weighted by Crippen LogP contribution is 2.24. The molecular formula is C13H19NO. The average Bonchev–Trinajstić information content (AvgIpc) is 2.23. The van der Waals surface area contributed by atoms with E-state index in [1.807, 2.05) is 0 Å². The van der Waals surface area contributed by atoms with Crippen molar-refractivity contribution in [1.82, 2.24) is 5.32 Å². The second-order valence-corrected chi connectivity index (χ2v) is 4.72. The van der Waals surface area contributed by atoms with Crippen LogP contribution >= 0.6 is 0 Å². The molecule has 0 amide bonds. The van der Waals surface area contributed by atoms with Crippen LogP contribution in [0.25, 0.3) is 0 Å². The Morgan fingerprint density at radius 1 is 1.27 bits per heavy atom. The number of ether oxygens (including phenoxy) is 1. The molecule has 1 saturated heterocycles. The monoisotopic (exact) mass is 205 g/mol. The molecular weight excluding hydrogens is 186 g/mol. The van der Waals surface area contributed by atoms with Gasteiger partial charge in [0.05, 0.1) is 13.2 Å². The number of hydrogen-bond donors (Lipinski definition) is 1. The van der Waals surface area contributed by atoms with E-state index in [0.29, 0.717) is 5.41 Å². The van der Waals surface area contributed by atoms with Crippen molar-refractivity contribution in [2.24, 2.45) is 5.41 Å². The lowest BCUT2D eigenvalue weighted by Gasteiger charge is -2.38. The van der Waals surface area contributed by atoms with Gasteiger partial charge < -0.3 is 10.1 Å². The summed E-state index contributed by atoms with van der Waals surface area (Å²) in [5.74, 6) is 0. The van der Waals surface area contributed by atoms with Gasteiger partial charge in [-0.1, -0.05) is 37.3 Å². The van der Waals surface area contributed by atoms with Crippen molar-refractivity contribution in [3.05, 3.63) is 35.9 Å². The molecule has 2 heteroatoms. The molecule has 0 atom stereocenters. The molecule has 15 heavy (non-hydrogen) atoms. The molecule has 0 unspecified atom stereocenters. The maximum Gasteiger partial charge on any atom is 0.0554 e. The molecule has 82 valence electrons. The van der Waals surface area contributed by atoms with Gasteiger partial charge in [-0.25, -0.2) is 0 Å². The molecule has 1 heterocycles. The molecule has 1 aromatic carbocycles. The Labute approximate surface area is 91.6 Å². The predicted molar refractivity (Wildman–Crippen MR) is 61.9 cm³/mol. The summed E-state index contributed by atoms with van der Waals surface area (Å²) < 4.78 is 5.21. The Bertz CT molecular complexity index is 293. The lowest BCUT2D eigenvalue weighted by atomic mass is 9.89. The van der Waals surface area contributed by atoms with Gasteiger partial charge in [0.1, 0.15) is 0 Å². The second-order valence-electron chi connectivity index (χ2n) is 4.72. The highest BCUT2D eigenvalue weighted by molar-refractivity contribution is 5.14. The zero-order chi connectivity index (χ0) is 10.6. The van der Waals surface area contributed by atoms with E-state index in [-0.39, 0.29) is 0 Å². The normalized spacial score (nSPS) is 18.5. The maximum atomic E-state index is 5.21. The van der Waals surface area contributed by atoms with Gasteiger partial charge in [0.25, 0.3) is 0 Å². The smallest absolute Gasteiger partial charge is 0.0554 e. The number of hydrogen-bond acceptors (Lipinski definition) is 2. The predicted octanol–water partition coefficient (Wildman–Crippen LogP) is 1.86. The molecule has 2 nitrogen and oxygen atoms in total. The minimum Gasteiger partial charge on any atom is -0.380 e. The molecule has 1 aromatic rings. The van der Waals surface area contributed by atoms with Crippen molar-refractivity contribution in [1.29, 1.82) is 0 Å². The molecule has 0 aliphatic carbocycles. The summed E-state index contributed by atoms with van der Waals surface area (Å²) >= 11 is 0. The van der Waals surface area contributed by atoms with Crippen molar-refractivity contribution in [2.45, 2.75) is 13.3 Å². The zero-order valence-corrected chi connectivity index (χ0v) is 9.33. The Hall–Kier alpha value is -0.860. The number of benzene rings is 1. The van der Waals surface area contributed by atoms with Crippen molar-refractivity contribution >= 4 is 0 Å². The SMILES string of the molecule is CC1(CNCCc2ccccc2)COC1. The minimum atomic E-state index is 0.386. The maximum absolute atomic E-state index is 5.21. The molecule has 0 saturated carbocycles. The van der Waals surface area contributed by atoms with E-state index in [2.05, 4.69) is 42.6 Å². The molecule has 2 rings (SSSR count). The van der Waals surface area contributed by atoms with E-state index in [1.165, 1.54) is 5.56 Å². The molecule has 1 fully saturated rings. The van der Waals surface area contributed by atoms with E-state index in [1.54, 1.807) is 0 Å². The first-order chi connectivity index (χ1) is 7.29. The zero-order valence-electron chi connectivity index (χ0n) is 9.33. The Kier molecular flexibility index (Phi) is 3.39. The van der Waals surface area contributed by atoms with Gasteiger partial charge in [-0.2, -0.15) is 0 Å². The van der Waals surface area contributed by atoms with Crippen molar-refractivity contribution in [3.8, 4) is 0 Å². The third-order valence-electron chi connectivity index (χ3n) is 2.89. The Morgan fingerprint density at radius 2 is 2.00 bits per heavy atom. The van der Waals surface area contributed by atoms with Crippen LogP contribution in [-0.2, 0) is 11.2 Å². The van der Waals surface area contributed by atoms with Crippen LogP contribution in [0.2, 0.25) is 0 Å². The van der Waals surface area contributed by atoms with Crippen LogP contribution in [0.4, 0.5) is 0 Å². The fraction of sp³-hybridized carbons (Fsp3) is 0.538. The topological polar surface area (TPSA) is 21.3 Å². The Balaban J connectivity index is 1.63. The molecule has 0 bridgehead atoms. The largest absolute Gasteiger partial charge is 0.380 e. The minimum absolute atomic E-state index is 0.386. The van der Waals surface area contributed by atoms with Gasteiger partial charge in [0.2, 0.25) is 0 Å². The van der Waals surface area contributed by atoms with Crippen LogP contribution < -0.4 is 5.32 Å². The Morgan fingerprint density at radius 3 is 2.60 bits per heavy atom. The summed E-state index contributed by atoms with van der Waals surface area (Å²) in [7, 11) is 0. The van der Waals surface area contributed by atoms with E-state index in [4.69, 9.17) is 4.74 Å². The number of nitrogens with one attached hydrogen (secondary N) is 1. The van der Waals surface area contributed by atoms with Gasteiger partial charge in [-0.15, -0.1) is 0 Å². The van der Waals surface area contributed by atoms with Crippen LogP contribution in [0.3, 0.4) is 0 Å². The molecule has 0 aromatic heterocycles. The highest BCUT2D eigenvalue weighted by atomic mass is 16.5. The molecule has 1 aliphatic heterocycles. The molecule has 0 spiro atoms. The third-order valence-corrected chi connectivity index (χ3v) is 2.89. The lowest BCUT2D eigenvalue weighted by Crippen LogP contribution is -2.47. The van der Waals surface area contributed by atoms with E-state index in [9.17, 15) is 0 Å². The van der Waals surface area contributed by atoms with E-state index >= 15 is 0 Å². The van der Waals surface area contributed by atoms with Crippen LogP contribution in [0, 0.1) is 5.41 Å². The van der Waals surface area contributed by atoms with Crippen molar-refractivity contribution < 1.29 is 4.74 Å². The standard InChI is InChI=1S/C13H19NO/c1-13(10-15-11-13)9-14-8-7-12-5-3-2-4-6-12/h2-6,14H,7-11H2,1H3. The van der Waals surface area contributed by atoms with E-state index in [0.717, 1.165) is 32.7 Å². The quantitative estimate of drug-likeness (QED) is 0.741. The molecule has 0 radical (unpaired) electrons. The molecule has 1 N–H and O–H groups in total. The highest BCUT2D eigenvalue weighted by Gasteiger charge is 2.32. The summed E-state index contributed by atoms with van der Waals surface area (Å²) in [6.45, 7) is 6.21. The summed E-state index contributed by atoms with van der Waals surface area (Å²) in [4.78, 5) is 0. The fourth-order valence-electron chi connectivity index (χ4n) is 1.82.